The molecule has 196 valence electrons. The Bertz CT molecular complexity index is 1390. The van der Waals surface area contributed by atoms with Crippen molar-refractivity contribution in [3.05, 3.63) is 113 Å². The Balaban J connectivity index is 1.61. The Morgan fingerprint density at radius 2 is 1.55 bits per heavy atom. The molecule has 1 aromatic heterocycles. The third-order valence-electron chi connectivity index (χ3n) is 6.26. The van der Waals surface area contributed by atoms with E-state index < -0.39 is 5.38 Å². The molecule has 38 heavy (non-hydrogen) atoms. The number of alkyl halides is 1. The lowest BCUT2D eigenvalue weighted by atomic mass is 9.92. The van der Waals surface area contributed by atoms with Gasteiger partial charge in [-0.15, -0.1) is 11.6 Å². The van der Waals surface area contributed by atoms with E-state index in [4.69, 9.17) is 16.7 Å². The number of nitrogens with zero attached hydrogens (tertiary/aromatic N) is 3. The molecule has 0 radical (unpaired) electrons. The van der Waals surface area contributed by atoms with Crippen LogP contribution >= 0.6 is 11.6 Å². The monoisotopic (exact) mass is 528 g/mol. The highest BCUT2D eigenvalue weighted by Gasteiger charge is 2.27. The van der Waals surface area contributed by atoms with Crippen molar-refractivity contribution in [2.45, 2.75) is 45.0 Å². The second kappa shape index (κ2) is 11.7. The molecule has 4 rings (SSSR count). The van der Waals surface area contributed by atoms with Crippen LogP contribution in [0.5, 0.6) is 0 Å². The topological polar surface area (TPSA) is 67.2 Å². The number of para-hydroxylation sites is 1. The van der Waals surface area contributed by atoms with Gasteiger partial charge in [0, 0.05) is 18.0 Å². The number of benzene rings is 3. The van der Waals surface area contributed by atoms with Gasteiger partial charge in [-0.3, -0.25) is 9.59 Å². The minimum Gasteiger partial charge on any atom is -0.327 e. The molecule has 1 heterocycles. The lowest BCUT2D eigenvalue weighted by Crippen LogP contribution is -2.39. The first-order valence-electron chi connectivity index (χ1n) is 12.6. The van der Waals surface area contributed by atoms with E-state index in [9.17, 15) is 9.59 Å². The van der Waals surface area contributed by atoms with Gasteiger partial charge in [0.1, 0.15) is 17.7 Å². The predicted octanol–water partition coefficient (Wildman–Crippen LogP) is 6.43. The van der Waals surface area contributed by atoms with E-state index in [0.29, 0.717) is 11.4 Å². The highest BCUT2D eigenvalue weighted by atomic mass is 35.5. The van der Waals surface area contributed by atoms with E-state index in [-0.39, 0.29) is 30.3 Å². The van der Waals surface area contributed by atoms with Crippen LogP contribution in [-0.4, -0.2) is 33.0 Å². The molecule has 1 N–H and O–H groups in total. The summed E-state index contributed by atoms with van der Waals surface area (Å²) < 4.78 is 1.76. The van der Waals surface area contributed by atoms with Crippen LogP contribution < -0.4 is 5.32 Å². The van der Waals surface area contributed by atoms with E-state index in [0.717, 1.165) is 22.5 Å². The van der Waals surface area contributed by atoms with Crippen molar-refractivity contribution in [2.75, 3.05) is 11.9 Å². The Labute approximate surface area is 229 Å². The van der Waals surface area contributed by atoms with Gasteiger partial charge in [-0.1, -0.05) is 99.6 Å². The maximum absolute atomic E-state index is 13.5. The minimum absolute atomic E-state index is 0.159. The van der Waals surface area contributed by atoms with E-state index in [1.807, 2.05) is 97.9 Å². The smallest absolute Gasteiger partial charge is 0.245 e. The van der Waals surface area contributed by atoms with Crippen LogP contribution in [0, 0.1) is 6.92 Å². The Kier molecular flexibility index (Phi) is 8.32. The molecule has 4 aromatic rings. The van der Waals surface area contributed by atoms with Crippen molar-refractivity contribution in [2.24, 2.45) is 0 Å². The molecule has 0 saturated carbocycles. The molecule has 0 aliphatic carbocycles. The van der Waals surface area contributed by atoms with E-state index in [1.165, 1.54) is 4.90 Å². The fourth-order valence-corrected chi connectivity index (χ4v) is 4.40. The van der Waals surface area contributed by atoms with Crippen molar-refractivity contribution >= 4 is 29.2 Å². The summed E-state index contributed by atoms with van der Waals surface area (Å²) in [4.78, 5) is 28.4. The highest BCUT2D eigenvalue weighted by molar-refractivity contribution is 6.30. The summed E-state index contributed by atoms with van der Waals surface area (Å²) in [6, 6.07) is 28.5. The molecular formula is C31H33ClN4O2. The number of hydrogen-bond donors (Lipinski definition) is 1. The van der Waals surface area contributed by atoms with E-state index in [2.05, 4.69) is 26.1 Å². The van der Waals surface area contributed by atoms with Gasteiger partial charge in [0.2, 0.25) is 11.8 Å². The predicted molar refractivity (Wildman–Crippen MR) is 153 cm³/mol. The minimum atomic E-state index is -0.905. The summed E-state index contributed by atoms with van der Waals surface area (Å²) in [6.07, 6.45) is 0. The average molecular weight is 529 g/mol. The number of amides is 2. The molecule has 1 unspecified atom stereocenters. The zero-order valence-electron chi connectivity index (χ0n) is 22.2. The SMILES string of the molecule is Cc1ccccc1-n1nc(C(C)(C)C)cc1NC(=O)CN(Cc1ccccc1)C(=O)C(Cl)c1ccccc1. The standard InChI is InChI=1S/C31H33ClN4O2/c1-22-13-11-12-18-25(22)36-27(19-26(34-36)31(2,3)4)33-28(37)21-35(20-23-14-7-5-8-15-23)30(38)29(32)24-16-9-6-10-17-24/h5-19,29H,20-21H2,1-4H3,(H,33,37). The fourth-order valence-electron chi connectivity index (χ4n) is 4.12. The molecule has 0 aliphatic rings. The summed E-state index contributed by atoms with van der Waals surface area (Å²) in [6.45, 7) is 8.33. The summed E-state index contributed by atoms with van der Waals surface area (Å²) in [5.74, 6) is -0.118. The number of aromatic nitrogens is 2. The third-order valence-corrected chi connectivity index (χ3v) is 6.70. The van der Waals surface area contributed by atoms with Crippen molar-refractivity contribution in [3.8, 4) is 5.69 Å². The number of halogens is 1. The third kappa shape index (κ3) is 6.50. The van der Waals surface area contributed by atoms with Gasteiger partial charge in [-0.25, -0.2) is 4.68 Å². The van der Waals surface area contributed by atoms with Gasteiger partial charge in [0.15, 0.2) is 0 Å². The van der Waals surface area contributed by atoms with Gasteiger partial charge in [0.25, 0.3) is 0 Å². The number of carbonyl (C=O) groups excluding carboxylic acids is 2. The van der Waals surface area contributed by atoms with Crippen LogP contribution in [-0.2, 0) is 21.5 Å². The number of aryl methyl sites for hydroxylation is 1. The van der Waals surface area contributed by atoms with Crippen molar-refractivity contribution < 1.29 is 9.59 Å². The molecule has 7 heteroatoms. The Morgan fingerprint density at radius 3 is 2.18 bits per heavy atom. The fraction of sp³-hybridized carbons (Fsp3) is 0.258. The number of carbonyl (C=O) groups is 2. The normalized spacial score (nSPS) is 12.1. The lowest BCUT2D eigenvalue weighted by molar-refractivity contribution is -0.135. The molecular weight excluding hydrogens is 496 g/mol. The second-order valence-electron chi connectivity index (χ2n) is 10.4. The van der Waals surface area contributed by atoms with Gasteiger partial charge in [-0.05, 0) is 29.7 Å². The van der Waals surface area contributed by atoms with Gasteiger partial charge in [-0.2, -0.15) is 5.10 Å². The summed E-state index contributed by atoms with van der Waals surface area (Å²) in [5.41, 5.74) is 4.12. The summed E-state index contributed by atoms with van der Waals surface area (Å²) in [7, 11) is 0. The first-order valence-corrected chi connectivity index (χ1v) is 13.1. The zero-order valence-corrected chi connectivity index (χ0v) is 22.9. The van der Waals surface area contributed by atoms with Crippen LogP contribution in [0.1, 0.15) is 48.5 Å². The van der Waals surface area contributed by atoms with Crippen LogP contribution in [0.4, 0.5) is 5.82 Å². The zero-order chi connectivity index (χ0) is 27.3. The first kappa shape index (κ1) is 27.1. The van der Waals surface area contributed by atoms with Crippen molar-refractivity contribution in [1.82, 2.24) is 14.7 Å². The van der Waals surface area contributed by atoms with Crippen molar-refractivity contribution in [3.63, 3.8) is 0 Å². The molecule has 1 atom stereocenters. The van der Waals surface area contributed by atoms with Crippen molar-refractivity contribution in [1.29, 1.82) is 0 Å². The lowest BCUT2D eigenvalue weighted by Gasteiger charge is -2.25. The Hall–Kier alpha value is -3.90. The van der Waals surface area contributed by atoms with Crippen LogP contribution in [0.3, 0.4) is 0 Å². The van der Waals surface area contributed by atoms with Crippen LogP contribution in [0.2, 0.25) is 0 Å². The van der Waals surface area contributed by atoms with E-state index in [1.54, 1.807) is 4.68 Å². The molecule has 0 fully saturated rings. The maximum atomic E-state index is 13.5. The summed E-state index contributed by atoms with van der Waals surface area (Å²) >= 11 is 6.60. The second-order valence-corrected chi connectivity index (χ2v) is 10.8. The molecule has 0 spiro atoms. The van der Waals surface area contributed by atoms with Gasteiger partial charge >= 0.3 is 0 Å². The molecule has 6 nitrogen and oxygen atoms in total. The first-order chi connectivity index (χ1) is 18.1. The van der Waals surface area contributed by atoms with Gasteiger partial charge < -0.3 is 10.2 Å². The number of nitrogens with one attached hydrogen (secondary N) is 1. The molecule has 3 aromatic carbocycles. The molecule has 0 bridgehead atoms. The molecule has 0 aliphatic heterocycles. The number of hydrogen-bond acceptors (Lipinski definition) is 3. The molecule has 0 saturated heterocycles. The van der Waals surface area contributed by atoms with Crippen LogP contribution in [0.25, 0.3) is 5.69 Å². The van der Waals surface area contributed by atoms with Crippen LogP contribution in [0.15, 0.2) is 91.0 Å². The Morgan fingerprint density at radius 1 is 0.947 bits per heavy atom. The quantitative estimate of drug-likeness (QED) is 0.268. The summed E-state index contributed by atoms with van der Waals surface area (Å²) in [5, 5.41) is 6.91. The average Bonchev–Trinajstić information content (AvgIpc) is 3.33. The number of rotatable bonds is 8. The number of anilines is 1. The van der Waals surface area contributed by atoms with Gasteiger partial charge in [0.05, 0.1) is 11.4 Å². The maximum Gasteiger partial charge on any atom is 0.245 e. The molecule has 2 amide bonds. The largest absolute Gasteiger partial charge is 0.327 e. The van der Waals surface area contributed by atoms with E-state index >= 15 is 0 Å². The highest BCUT2D eigenvalue weighted by Crippen LogP contribution is 2.28.